The van der Waals surface area contributed by atoms with Gasteiger partial charge in [0.1, 0.15) is 16.8 Å². The van der Waals surface area contributed by atoms with Crippen LogP contribution in [0.3, 0.4) is 0 Å². The number of amides is 1. The van der Waals surface area contributed by atoms with Gasteiger partial charge in [-0.25, -0.2) is 14.4 Å². The fourth-order valence-electron chi connectivity index (χ4n) is 6.69. The molecule has 0 spiro atoms. The highest BCUT2D eigenvalue weighted by Gasteiger charge is 2.29. The molecule has 7 nitrogen and oxygen atoms in total. The van der Waals surface area contributed by atoms with E-state index in [2.05, 4.69) is 68.2 Å². The number of benzene rings is 4. The smallest absolute Gasteiger partial charge is 0.253 e. The number of aromatic nitrogens is 2. The van der Waals surface area contributed by atoms with E-state index in [4.69, 9.17) is 16.6 Å². The minimum Gasteiger partial charge on any atom is -0.366 e. The molecule has 2 aliphatic rings. The Bertz CT molecular complexity index is 1830. The van der Waals surface area contributed by atoms with Gasteiger partial charge in [0.2, 0.25) is 0 Å². The summed E-state index contributed by atoms with van der Waals surface area (Å²) >= 11 is 7.94. The standard InChI is InChI=1S/C39H38ClFN6OS/c40-35-27-36(45-20-18-44(19-21-45)34-17-8-7-16-33(34)41)43-39(42-35)49-28-29-10-9-15-32(26-29)38(48)47-24-22-46(23-25-47)37(30-11-3-1-4-12-30)31-13-5-2-6-14-31/h1-17,26-27,37H,18-25,28H2. The number of carbonyl (C=O) groups excluding carboxylic acids is 1. The molecule has 0 atom stereocenters. The molecule has 0 aliphatic carbocycles. The first-order chi connectivity index (χ1) is 24.0. The maximum absolute atomic E-state index is 14.3. The first-order valence-corrected chi connectivity index (χ1v) is 18.0. The molecule has 3 heterocycles. The van der Waals surface area contributed by atoms with Crippen LogP contribution in [0, 0.1) is 5.82 Å². The van der Waals surface area contributed by atoms with Gasteiger partial charge in [0.25, 0.3) is 5.91 Å². The SMILES string of the molecule is O=C(c1cccc(CSc2nc(Cl)cc(N3CCN(c4ccccc4F)CC3)n2)c1)N1CCN(C(c2ccccc2)c2ccccc2)CC1. The zero-order chi connectivity index (χ0) is 33.6. The molecule has 1 amide bonds. The van der Waals surface area contributed by atoms with Gasteiger partial charge in [0, 0.05) is 69.7 Å². The van der Waals surface area contributed by atoms with E-state index in [1.165, 1.54) is 29.0 Å². The van der Waals surface area contributed by atoms with Crippen LogP contribution in [0.5, 0.6) is 0 Å². The van der Waals surface area contributed by atoms with Crippen LogP contribution in [0.4, 0.5) is 15.9 Å². The highest BCUT2D eigenvalue weighted by Crippen LogP contribution is 2.31. The van der Waals surface area contributed by atoms with E-state index in [0.717, 1.165) is 24.5 Å². The first-order valence-electron chi connectivity index (χ1n) is 16.7. The average Bonchev–Trinajstić information content (AvgIpc) is 3.15. The van der Waals surface area contributed by atoms with Crippen LogP contribution in [0.25, 0.3) is 0 Å². The second-order valence-corrected chi connectivity index (χ2v) is 13.6. The summed E-state index contributed by atoms with van der Waals surface area (Å²) in [6.45, 7) is 5.68. The number of carbonyl (C=O) groups is 1. The number of thioether (sulfide) groups is 1. The van der Waals surface area contributed by atoms with Crippen LogP contribution in [0.2, 0.25) is 5.15 Å². The van der Waals surface area contributed by atoms with Crippen molar-refractivity contribution in [2.24, 2.45) is 0 Å². The van der Waals surface area contributed by atoms with Crippen molar-refractivity contribution in [2.45, 2.75) is 17.0 Å². The lowest BCUT2D eigenvalue weighted by atomic mass is 9.96. The molecule has 250 valence electrons. The van der Waals surface area contributed by atoms with E-state index in [9.17, 15) is 9.18 Å². The molecule has 0 bridgehead atoms. The molecular weight excluding hydrogens is 655 g/mol. The Hall–Kier alpha value is -4.44. The minimum atomic E-state index is -0.205. The molecule has 0 unspecified atom stereocenters. The van der Waals surface area contributed by atoms with E-state index < -0.39 is 0 Å². The van der Waals surface area contributed by atoms with Crippen LogP contribution >= 0.6 is 23.4 Å². The van der Waals surface area contributed by atoms with E-state index in [1.807, 2.05) is 53.4 Å². The topological polar surface area (TPSA) is 55.8 Å². The maximum Gasteiger partial charge on any atom is 0.253 e. The summed E-state index contributed by atoms with van der Waals surface area (Å²) in [5, 5.41) is 0.965. The number of hydrogen-bond donors (Lipinski definition) is 0. The number of piperazine rings is 2. The predicted octanol–water partition coefficient (Wildman–Crippen LogP) is 7.44. The van der Waals surface area contributed by atoms with E-state index in [1.54, 1.807) is 12.1 Å². The molecule has 2 fully saturated rings. The van der Waals surface area contributed by atoms with Crippen molar-refractivity contribution in [1.29, 1.82) is 0 Å². The van der Waals surface area contributed by atoms with Gasteiger partial charge >= 0.3 is 0 Å². The maximum atomic E-state index is 14.3. The lowest BCUT2D eigenvalue weighted by Gasteiger charge is -2.39. The molecule has 7 rings (SSSR count). The second kappa shape index (κ2) is 15.4. The summed E-state index contributed by atoms with van der Waals surface area (Å²) in [7, 11) is 0. The number of nitrogens with zero attached hydrogens (tertiary/aromatic N) is 6. The van der Waals surface area contributed by atoms with Crippen molar-refractivity contribution in [2.75, 3.05) is 62.2 Å². The summed E-state index contributed by atoms with van der Waals surface area (Å²) in [5.41, 5.74) is 4.86. The third-order valence-electron chi connectivity index (χ3n) is 9.20. The Labute approximate surface area is 296 Å². The van der Waals surface area contributed by atoms with Gasteiger partial charge in [-0.15, -0.1) is 0 Å². The molecule has 0 radical (unpaired) electrons. The van der Waals surface area contributed by atoms with Crippen molar-refractivity contribution >= 4 is 40.8 Å². The Morgan fingerprint density at radius 1 is 0.714 bits per heavy atom. The van der Waals surface area contributed by atoms with Crippen molar-refractivity contribution in [3.63, 3.8) is 0 Å². The molecule has 10 heteroatoms. The molecule has 49 heavy (non-hydrogen) atoms. The van der Waals surface area contributed by atoms with Gasteiger partial charge in [0.15, 0.2) is 5.16 Å². The highest BCUT2D eigenvalue weighted by atomic mass is 35.5. The third-order valence-corrected chi connectivity index (χ3v) is 10.3. The van der Waals surface area contributed by atoms with E-state index in [0.29, 0.717) is 66.6 Å². The van der Waals surface area contributed by atoms with Gasteiger partial charge in [-0.05, 0) is 41.0 Å². The Morgan fingerprint density at radius 3 is 2.02 bits per heavy atom. The normalized spacial score (nSPS) is 15.5. The van der Waals surface area contributed by atoms with Gasteiger partial charge in [-0.2, -0.15) is 0 Å². The Balaban J connectivity index is 0.959. The molecule has 4 aromatic carbocycles. The number of para-hydroxylation sites is 1. The molecule has 0 N–H and O–H groups in total. The lowest BCUT2D eigenvalue weighted by molar-refractivity contribution is 0.0597. The van der Waals surface area contributed by atoms with E-state index >= 15 is 0 Å². The first kappa shape index (κ1) is 33.1. The number of halogens is 2. The summed E-state index contributed by atoms with van der Waals surface area (Å²) in [4.78, 5) is 31.6. The predicted molar refractivity (Wildman–Crippen MR) is 196 cm³/mol. The van der Waals surface area contributed by atoms with Crippen molar-refractivity contribution in [1.82, 2.24) is 19.8 Å². The largest absolute Gasteiger partial charge is 0.366 e. The monoisotopic (exact) mass is 692 g/mol. The molecule has 5 aromatic rings. The fourth-order valence-corrected chi connectivity index (χ4v) is 7.71. The molecule has 1 aromatic heterocycles. The lowest BCUT2D eigenvalue weighted by Crippen LogP contribution is -2.49. The average molecular weight is 693 g/mol. The quantitative estimate of drug-likeness (QED) is 0.0905. The minimum absolute atomic E-state index is 0.0540. The highest BCUT2D eigenvalue weighted by molar-refractivity contribution is 7.98. The van der Waals surface area contributed by atoms with Gasteiger partial charge in [-0.3, -0.25) is 9.69 Å². The van der Waals surface area contributed by atoms with Gasteiger partial charge in [0.05, 0.1) is 11.7 Å². The molecule has 2 saturated heterocycles. The van der Waals surface area contributed by atoms with E-state index in [-0.39, 0.29) is 17.8 Å². The molecule has 0 saturated carbocycles. The van der Waals surface area contributed by atoms with Crippen LogP contribution in [-0.4, -0.2) is 78.0 Å². The fraction of sp³-hybridized carbons (Fsp3) is 0.256. The zero-order valence-electron chi connectivity index (χ0n) is 27.2. The van der Waals surface area contributed by atoms with Crippen LogP contribution < -0.4 is 9.80 Å². The summed E-state index contributed by atoms with van der Waals surface area (Å²) in [5.74, 6) is 1.22. The summed E-state index contributed by atoms with van der Waals surface area (Å²) < 4.78 is 14.3. The summed E-state index contributed by atoms with van der Waals surface area (Å²) in [6.07, 6.45) is 0. The molecule has 2 aliphatic heterocycles. The van der Waals surface area contributed by atoms with Crippen LogP contribution in [-0.2, 0) is 5.75 Å². The molecular formula is C39H38ClFN6OS. The Morgan fingerprint density at radius 2 is 1.35 bits per heavy atom. The van der Waals surface area contributed by atoms with Crippen molar-refractivity contribution in [3.8, 4) is 0 Å². The zero-order valence-corrected chi connectivity index (χ0v) is 28.7. The van der Waals surface area contributed by atoms with Crippen LogP contribution in [0.1, 0.15) is 33.1 Å². The summed E-state index contributed by atoms with van der Waals surface area (Å²) in [6, 6.07) is 37.9. The van der Waals surface area contributed by atoms with Gasteiger partial charge in [-0.1, -0.05) is 108 Å². The van der Waals surface area contributed by atoms with Gasteiger partial charge < -0.3 is 14.7 Å². The number of rotatable bonds is 9. The Kier molecular flexibility index (Phi) is 10.4. The number of hydrogen-bond acceptors (Lipinski definition) is 7. The third kappa shape index (κ3) is 7.90. The van der Waals surface area contributed by atoms with Crippen LogP contribution in [0.15, 0.2) is 120 Å². The van der Waals surface area contributed by atoms with Crippen molar-refractivity contribution < 1.29 is 9.18 Å². The number of anilines is 2. The second-order valence-electron chi connectivity index (χ2n) is 12.3. The van der Waals surface area contributed by atoms with Crippen molar-refractivity contribution in [3.05, 3.63) is 148 Å².